The Morgan fingerprint density at radius 3 is 2.56 bits per heavy atom. The van der Waals surface area contributed by atoms with Crippen LogP contribution in [0.4, 0.5) is 5.13 Å². The van der Waals surface area contributed by atoms with E-state index >= 15 is 0 Å². The number of aromatic nitrogens is 2. The SMILES string of the molecule is CC(C)Cc1nnc(NC(=O)C(C#N)C(C)C)s1. The zero-order valence-corrected chi connectivity index (χ0v) is 11.9. The van der Waals surface area contributed by atoms with E-state index in [2.05, 4.69) is 29.4 Å². The summed E-state index contributed by atoms with van der Waals surface area (Å²) in [5, 5.41) is 20.9. The Bertz CT molecular complexity index is 447. The molecule has 6 heteroatoms. The third-order valence-corrected chi connectivity index (χ3v) is 3.23. The predicted molar refractivity (Wildman–Crippen MR) is 71.0 cm³/mol. The van der Waals surface area contributed by atoms with E-state index in [-0.39, 0.29) is 11.8 Å². The Labute approximate surface area is 111 Å². The minimum Gasteiger partial charge on any atom is -0.299 e. The number of nitrogens with zero attached hydrogens (tertiary/aromatic N) is 3. The number of carbonyl (C=O) groups is 1. The van der Waals surface area contributed by atoms with E-state index in [0.717, 1.165) is 11.4 Å². The van der Waals surface area contributed by atoms with Crippen molar-refractivity contribution in [1.82, 2.24) is 10.2 Å². The van der Waals surface area contributed by atoms with Gasteiger partial charge in [-0.3, -0.25) is 10.1 Å². The zero-order valence-electron chi connectivity index (χ0n) is 11.1. The number of rotatable bonds is 5. The van der Waals surface area contributed by atoms with Crippen LogP contribution in [0, 0.1) is 29.1 Å². The van der Waals surface area contributed by atoms with Crippen LogP contribution in [0.15, 0.2) is 0 Å². The van der Waals surface area contributed by atoms with Crippen molar-refractivity contribution in [2.45, 2.75) is 34.1 Å². The molecule has 1 N–H and O–H groups in total. The van der Waals surface area contributed by atoms with Crippen LogP contribution in [-0.4, -0.2) is 16.1 Å². The molecule has 0 saturated carbocycles. The molecule has 1 aromatic rings. The van der Waals surface area contributed by atoms with Gasteiger partial charge in [0, 0.05) is 6.42 Å². The predicted octanol–water partition coefficient (Wildman–Crippen LogP) is 2.47. The molecule has 0 saturated heterocycles. The lowest BCUT2D eigenvalue weighted by Crippen LogP contribution is -2.25. The molecule has 18 heavy (non-hydrogen) atoms. The second-order valence-electron chi connectivity index (χ2n) is 4.94. The van der Waals surface area contributed by atoms with Gasteiger partial charge in [0.1, 0.15) is 10.9 Å². The summed E-state index contributed by atoms with van der Waals surface area (Å²) in [6.07, 6.45) is 0.847. The molecule has 0 radical (unpaired) electrons. The van der Waals surface area contributed by atoms with Gasteiger partial charge in [0.2, 0.25) is 11.0 Å². The molecule has 1 heterocycles. The van der Waals surface area contributed by atoms with Gasteiger partial charge in [0.05, 0.1) is 6.07 Å². The first-order valence-corrected chi connectivity index (χ1v) is 6.78. The minimum atomic E-state index is -0.651. The number of nitriles is 1. The van der Waals surface area contributed by atoms with Gasteiger partial charge in [0.25, 0.3) is 0 Å². The Balaban J connectivity index is 2.65. The largest absolute Gasteiger partial charge is 0.299 e. The van der Waals surface area contributed by atoms with Gasteiger partial charge in [-0.05, 0) is 11.8 Å². The van der Waals surface area contributed by atoms with Gasteiger partial charge < -0.3 is 0 Å². The molecule has 1 rings (SSSR count). The summed E-state index contributed by atoms with van der Waals surface area (Å²) in [4.78, 5) is 11.8. The van der Waals surface area contributed by atoms with E-state index < -0.39 is 5.92 Å². The number of nitrogens with one attached hydrogen (secondary N) is 1. The van der Waals surface area contributed by atoms with Crippen LogP contribution < -0.4 is 5.32 Å². The van der Waals surface area contributed by atoms with Crippen LogP contribution in [0.5, 0.6) is 0 Å². The van der Waals surface area contributed by atoms with Crippen LogP contribution in [0.1, 0.15) is 32.7 Å². The molecule has 1 amide bonds. The van der Waals surface area contributed by atoms with Gasteiger partial charge in [-0.2, -0.15) is 5.26 Å². The summed E-state index contributed by atoms with van der Waals surface area (Å²) >= 11 is 1.37. The quantitative estimate of drug-likeness (QED) is 0.888. The van der Waals surface area contributed by atoms with Crippen molar-refractivity contribution >= 4 is 22.4 Å². The van der Waals surface area contributed by atoms with Gasteiger partial charge in [-0.1, -0.05) is 39.0 Å². The molecule has 98 valence electrons. The molecule has 1 aromatic heterocycles. The Hall–Kier alpha value is -1.48. The van der Waals surface area contributed by atoms with Crippen LogP contribution in [-0.2, 0) is 11.2 Å². The van der Waals surface area contributed by atoms with Crippen LogP contribution >= 0.6 is 11.3 Å². The van der Waals surface area contributed by atoms with Crippen molar-refractivity contribution in [2.75, 3.05) is 5.32 Å². The van der Waals surface area contributed by atoms with E-state index in [9.17, 15) is 4.79 Å². The maximum atomic E-state index is 11.8. The molecular formula is C12H18N4OS. The summed E-state index contributed by atoms with van der Waals surface area (Å²) in [6, 6.07) is 2.00. The lowest BCUT2D eigenvalue weighted by atomic mass is 9.97. The van der Waals surface area contributed by atoms with Crippen molar-refractivity contribution in [3.8, 4) is 6.07 Å². The smallest absolute Gasteiger partial charge is 0.243 e. The molecule has 1 unspecified atom stereocenters. The molecule has 0 fully saturated rings. The van der Waals surface area contributed by atoms with Crippen molar-refractivity contribution in [1.29, 1.82) is 5.26 Å². The average Bonchev–Trinajstić information content (AvgIpc) is 2.64. The fraction of sp³-hybridized carbons (Fsp3) is 0.667. The normalized spacial score (nSPS) is 12.5. The minimum absolute atomic E-state index is 0.0157. The first kappa shape index (κ1) is 14.6. The maximum Gasteiger partial charge on any atom is 0.243 e. The molecule has 5 nitrogen and oxygen atoms in total. The van der Waals surface area contributed by atoms with E-state index in [1.165, 1.54) is 11.3 Å². The second kappa shape index (κ2) is 6.45. The molecular weight excluding hydrogens is 248 g/mol. The number of carbonyl (C=O) groups excluding carboxylic acids is 1. The molecule has 0 bridgehead atoms. The molecule has 0 aromatic carbocycles. The molecule has 0 spiro atoms. The third kappa shape index (κ3) is 4.08. The van der Waals surface area contributed by atoms with Crippen molar-refractivity contribution in [2.24, 2.45) is 17.8 Å². The van der Waals surface area contributed by atoms with E-state index in [0.29, 0.717) is 11.0 Å². The number of anilines is 1. The molecule has 0 aliphatic heterocycles. The highest BCUT2D eigenvalue weighted by Crippen LogP contribution is 2.20. The number of amides is 1. The fourth-order valence-corrected chi connectivity index (χ4v) is 2.38. The molecule has 0 aliphatic carbocycles. The van der Waals surface area contributed by atoms with E-state index in [1.54, 1.807) is 0 Å². The fourth-order valence-electron chi connectivity index (χ4n) is 1.43. The topological polar surface area (TPSA) is 78.7 Å². The first-order chi connectivity index (χ1) is 8.43. The zero-order chi connectivity index (χ0) is 13.7. The van der Waals surface area contributed by atoms with Crippen LogP contribution in [0.2, 0.25) is 0 Å². The summed E-state index contributed by atoms with van der Waals surface area (Å²) < 4.78 is 0. The Morgan fingerprint density at radius 2 is 2.06 bits per heavy atom. The van der Waals surface area contributed by atoms with E-state index in [1.807, 2.05) is 19.9 Å². The van der Waals surface area contributed by atoms with Gasteiger partial charge in [-0.15, -0.1) is 10.2 Å². The maximum absolute atomic E-state index is 11.8. The monoisotopic (exact) mass is 266 g/mol. The Morgan fingerprint density at radius 1 is 1.39 bits per heavy atom. The summed E-state index contributed by atoms with van der Waals surface area (Å²) in [5.74, 6) is -0.468. The Kier molecular flexibility index (Phi) is 5.23. The summed E-state index contributed by atoms with van der Waals surface area (Å²) in [6.45, 7) is 7.89. The van der Waals surface area contributed by atoms with E-state index in [4.69, 9.17) is 5.26 Å². The summed E-state index contributed by atoms with van der Waals surface area (Å²) in [5.41, 5.74) is 0. The van der Waals surface area contributed by atoms with Crippen LogP contribution in [0.25, 0.3) is 0 Å². The highest BCUT2D eigenvalue weighted by atomic mass is 32.1. The third-order valence-electron chi connectivity index (χ3n) is 2.37. The van der Waals surface area contributed by atoms with Gasteiger partial charge >= 0.3 is 0 Å². The van der Waals surface area contributed by atoms with Gasteiger partial charge in [-0.25, -0.2) is 0 Å². The number of hydrogen-bond acceptors (Lipinski definition) is 5. The lowest BCUT2D eigenvalue weighted by molar-refractivity contribution is -0.119. The molecule has 1 atom stereocenters. The van der Waals surface area contributed by atoms with Crippen molar-refractivity contribution in [3.63, 3.8) is 0 Å². The van der Waals surface area contributed by atoms with Crippen molar-refractivity contribution < 1.29 is 4.79 Å². The van der Waals surface area contributed by atoms with Crippen LogP contribution in [0.3, 0.4) is 0 Å². The standard InChI is InChI=1S/C12H18N4OS/c1-7(2)5-10-15-16-12(18-10)14-11(17)9(6-13)8(3)4/h7-9H,5H2,1-4H3,(H,14,16,17). The summed E-state index contributed by atoms with van der Waals surface area (Å²) in [7, 11) is 0. The lowest BCUT2D eigenvalue weighted by Gasteiger charge is -2.10. The molecule has 0 aliphatic rings. The van der Waals surface area contributed by atoms with Crippen molar-refractivity contribution in [3.05, 3.63) is 5.01 Å². The van der Waals surface area contributed by atoms with Gasteiger partial charge in [0.15, 0.2) is 0 Å². The first-order valence-electron chi connectivity index (χ1n) is 5.97. The highest BCUT2D eigenvalue weighted by Gasteiger charge is 2.22. The average molecular weight is 266 g/mol. The second-order valence-corrected chi connectivity index (χ2v) is 6.00. The highest BCUT2D eigenvalue weighted by molar-refractivity contribution is 7.15. The number of hydrogen-bond donors (Lipinski definition) is 1.